The molecule has 4 heteroatoms. The van der Waals surface area contributed by atoms with Gasteiger partial charge in [0.1, 0.15) is 6.61 Å². The molecule has 1 aliphatic rings. The molecule has 72 valence electrons. The van der Waals surface area contributed by atoms with Gasteiger partial charge in [-0.1, -0.05) is 17.8 Å². The predicted molar refractivity (Wildman–Crippen MR) is 53.3 cm³/mol. The smallest absolute Gasteiger partial charge is 0.273 e. The number of ether oxygens (including phenoxy) is 1. The summed E-state index contributed by atoms with van der Waals surface area (Å²) >= 11 is 1.55. The molecule has 1 aliphatic heterocycles. The summed E-state index contributed by atoms with van der Waals surface area (Å²) in [5.41, 5.74) is 0. The van der Waals surface area contributed by atoms with Crippen molar-refractivity contribution in [3.8, 4) is 5.19 Å². The van der Waals surface area contributed by atoms with Crippen LogP contribution < -0.4 is 10.1 Å². The minimum absolute atomic E-state index is 0.526. The summed E-state index contributed by atoms with van der Waals surface area (Å²) < 4.78 is 5.53. The molecule has 0 aliphatic carbocycles. The van der Waals surface area contributed by atoms with E-state index in [4.69, 9.17) is 4.74 Å². The molecule has 1 saturated heterocycles. The molecule has 0 radical (unpaired) electrons. The Morgan fingerprint density at radius 3 is 3.31 bits per heavy atom. The standard InChI is InChI=1S/C9H14N2OS/c1-2-4-10-8(3-1)7-12-9-11-5-6-13-9/h5-6,8,10H,1-4,7H2. The largest absolute Gasteiger partial charge is 0.468 e. The predicted octanol–water partition coefficient (Wildman–Crippen LogP) is 1.66. The highest BCUT2D eigenvalue weighted by Crippen LogP contribution is 2.15. The summed E-state index contributed by atoms with van der Waals surface area (Å²) in [5, 5.41) is 6.15. The lowest BCUT2D eigenvalue weighted by molar-refractivity contribution is 0.238. The van der Waals surface area contributed by atoms with E-state index in [-0.39, 0.29) is 0 Å². The van der Waals surface area contributed by atoms with Crippen molar-refractivity contribution in [1.82, 2.24) is 10.3 Å². The first-order valence-electron chi connectivity index (χ1n) is 4.71. The van der Waals surface area contributed by atoms with Gasteiger partial charge in [0.2, 0.25) is 0 Å². The molecular formula is C9H14N2OS. The minimum Gasteiger partial charge on any atom is -0.468 e. The van der Waals surface area contributed by atoms with Gasteiger partial charge < -0.3 is 10.1 Å². The summed E-state index contributed by atoms with van der Waals surface area (Å²) in [5.74, 6) is 0. The van der Waals surface area contributed by atoms with Crippen LogP contribution in [0.3, 0.4) is 0 Å². The van der Waals surface area contributed by atoms with Gasteiger partial charge in [0, 0.05) is 17.6 Å². The maximum atomic E-state index is 5.53. The lowest BCUT2D eigenvalue weighted by atomic mass is 10.1. The second kappa shape index (κ2) is 4.58. The van der Waals surface area contributed by atoms with E-state index < -0.39 is 0 Å². The molecule has 3 nitrogen and oxygen atoms in total. The highest BCUT2D eigenvalue weighted by molar-refractivity contribution is 7.11. The zero-order valence-corrected chi connectivity index (χ0v) is 8.35. The Labute approximate surface area is 82.1 Å². The van der Waals surface area contributed by atoms with Gasteiger partial charge in [0.05, 0.1) is 0 Å². The Hall–Kier alpha value is -0.610. The molecule has 1 unspecified atom stereocenters. The summed E-state index contributed by atoms with van der Waals surface area (Å²) in [4.78, 5) is 4.07. The average molecular weight is 198 g/mol. The fraction of sp³-hybridized carbons (Fsp3) is 0.667. The van der Waals surface area contributed by atoms with Crippen molar-refractivity contribution in [1.29, 1.82) is 0 Å². The summed E-state index contributed by atoms with van der Waals surface area (Å²) in [6.07, 6.45) is 5.62. The molecule has 1 atom stereocenters. The van der Waals surface area contributed by atoms with E-state index in [2.05, 4.69) is 10.3 Å². The Bertz CT molecular complexity index is 232. The van der Waals surface area contributed by atoms with E-state index in [0.29, 0.717) is 6.04 Å². The first-order chi connectivity index (χ1) is 6.45. The van der Waals surface area contributed by atoms with Gasteiger partial charge in [-0.25, -0.2) is 4.98 Å². The average Bonchev–Trinajstić information content (AvgIpc) is 2.69. The molecule has 1 fully saturated rings. The number of hydrogen-bond acceptors (Lipinski definition) is 4. The number of rotatable bonds is 3. The number of aromatic nitrogens is 1. The molecule has 1 aromatic rings. The molecule has 0 bridgehead atoms. The molecular weight excluding hydrogens is 184 g/mol. The first-order valence-corrected chi connectivity index (χ1v) is 5.59. The van der Waals surface area contributed by atoms with E-state index in [0.717, 1.165) is 18.3 Å². The van der Waals surface area contributed by atoms with Crippen LogP contribution in [0.15, 0.2) is 11.6 Å². The number of nitrogens with one attached hydrogen (secondary N) is 1. The molecule has 0 spiro atoms. The molecule has 1 N–H and O–H groups in total. The van der Waals surface area contributed by atoms with Crippen LogP contribution in [-0.4, -0.2) is 24.2 Å². The highest BCUT2D eigenvalue weighted by atomic mass is 32.1. The third-order valence-corrected chi connectivity index (χ3v) is 2.91. The van der Waals surface area contributed by atoms with Crippen molar-refractivity contribution >= 4 is 11.3 Å². The quantitative estimate of drug-likeness (QED) is 0.802. The third kappa shape index (κ3) is 2.67. The molecule has 1 aromatic heterocycles. The van der Waals surface area contributed by atoms with E-state index in [1.165, 1.54) is 19.3 Å². The lowest BCUT2D eigenvalue weighted by Gasteiger charge is -2.22. The Morgan fingerprint density at radius 2 is 2.62 bits per heavy atom. The first kappa shape index (κ1) is 8.97. The Kier molecular flexibility index (Phi) is 3.16. The Balaban J connectivity index is 1.72. The van der Waals surface area contributed by atoms with Gasteiger partial charge in [-0.3, -0.25) is 0 Å². The summed E-state index contributed by atoms with van der Waals surface area (Å²) in [6.45, 7) is 1.89. The number of hydrogen-bond donors (Lipinski definition) is 1. The Morgan fingerprint density at radius 1 is 1.62 bits per heavy atom. The van der Waals surface area contributed by atoms with Gasteiger partial charge in [0.25, 0.3) is 5.19 Å². The maximum Gasteiger partial charge on any atom is 0.273 e. The van der Waals surface area contributed by atoms with Crippen molar-refractivity contribution in [2.45, 2.75) is 25.3 Å². The summed E-state index contributed by atoms with van der Waals surface area (Å²) in [6, 6.07) is 0.526. The second-order valence-corrected chi connectivity index (χ2v) is 4.11. The van der Waals surface area contributed by atoms with Crippen LogP contribution in [0.2, 0.25) is 0 Å². The van der Waals surface area contributed by atoms with Crippen LogP contribution in [0.5, 0.6) is 5.19 Å². The maximum absolute atomic E-state index is 5.53. The van der Waals surface area contributed by atoms with Crippen molar-refractivity contribution in [2.24, 2.45) is 0 Å². The van der Waals surface area contributed by atoms with Crippen molar-refractivity contribution in [3.05, 3.63) is 11.6 Å². The van der Waals surface area contributed by atoms with E-state index >= 15 is 0 Å². The van der Waals surface area contributed by atoms with E-state index in [9.17, 15) is 0 Å². The van der Waals surface area contributed by atoms with Crippen LogP contribution in [0.25, 0.3) is 0 Å². The van der Waals surface area contributed by atoms with Gasteiger partial charge in [-0.15, -0.1) is 0 Å². The van der Waals surface area contributed by atoms with E-state index in [1.54, 1.807) is 17.5 Å². The van der Waals surface area contributed by atoms with Crippen LogP contribution in [-0.2, 0) is 0 Å². The zero-order valence-electron chi connectivity index (χ0n) is 7.53. The SMILES string of the molecule is c1csc(OCC2CCCCN2)n1. The number of nitrogens with zero attached hydrogens (tertiary/aromatic N) is 1. The molecule has 0 amide bonds. The van der Waals surface area contributed by atoms with Gasteiger partial charge in [-0.2, -0.15) is 0 Å². The van der Waals surface area contributed by atoms with Crippen LogP contribution in [0.4, 0.5) is 0 Å². The summed E-state index contributed by atoms with van der Waals surface area (Å²) in [7, 11) is 0. The highest BCUT2D eigenvalue weighted by Gasteiger charge is 2.13. The molecule has 2 rings (SSSR count). The lowest BCUT2D eigenvalue weighted by Crippen LogP contribution is -2.38. The topological polar surface area (TPSA) is 34.1 Å². The van der Waals surface area contributed by atoms with Crippen LogP contribution in [0, 0.1) is 0 Å². The molecule has 0 saturated carbocycles. The van der Waals surface area contributed by atoms with Crippen LogP contribution in [0.1, 0.15) is 19.3 Å². The second-order valence-electron chi connectivity index (χ2n) is 3.26. The third-order valence-electron chi connectivity index (χ3n) is 2.23. The molecule has 2 heterocycles. The monoisotopic (exact) mass is 198 g/mol. The number of thiazole rings is 1. The number of piperidine rings is 1. The van der Waals surface area contributed by atoms with E-state index in [1.807, 2.05) is 5.38 Å². The van der Waals surface area contributed by atoms with Gasteiger partial charge in [0.15, 0.2) is 0 Å². The van der Waals surface area contributed by atoms with Crippen molar-refractivity contribution in [3.63, 3.8) is 0 Å². The van der Waals surface area contributed by atoms with Crippen LogP contribution >= 0.6 is 11.3 Å². The van der Waals surface area contributed by atoms with Crippen molar-refractivity contribution < 1.29 is 4.74 Å². The molecule has 0 aromatic carbocycles. The van der Waals surface area contributed by atoms with Gasteiger partial charge >= 0.3 is 0 Å². The zero-order chi connectivity index (χ0) is 8.93. The van der Waals surface area contributed by atoms with Gasteiger partial charge in [-0.05, 0) is 19.4 Å². The molecule has 13 heavy (non-hydrogen) atoms. The normalized spacial score (nSPS) is 22.9. The van der Waals surface area contributed by atoms with Crippen molar-refractivity contribution in [2.75, 3.05) is 13.2 Å². The minimum atomic E-state index is 0.526. The fourth-order valence-corrected chi connectivity index (χ4v) is 2.02. The fourth-order valence-electron chi connectivity index (χ4n) is 1.52.